The lowest BCUT2D eigenvalue weighted by Crippen LogP contribution is -2.21. The van der Waals surface area contributed by atoms with E-state index in [2.05, 4.69) is 0 Å². The molecule has 1 fully saturated rings. The van der Waals surface area contributed by atoms with Crippen LogP contribution in [0.2, 0.25) is 0 Å². The molecular weight excluding hydrogens is 467 g/mol. The standard InChI is InChI=1S/C27H25F5O3/c1-2-34-23-12-10-20(25(30)27(23)32)16-3-4-17(21(28)13-16)14-35-18-7-5-15(6-8-18)19-9-11-22(33)26(31)24(19)29/h3-4,9-13,15,18,33H,2,5-8,14H2,1H3. The molecule has 4 rings (SSSR count). The summed E-state index contributed by atoms with van der Waals surface area (Å²) in [6.07, 6.45) is 2.13. The highest BCUT2D eigenvalue weighted by Gasteiger charge is 2.27. The van der Waals surface area contributed by atoms with Gasteiger partial charge in [0.05, 0.1) is 19.3 Å². The molecule has 0 aliphatic heterocycles. The molecule has 186 valence electrons. The van der Waals surface area contributed by atoms with Crippen LogP contribution in [0.3, 0.4) is 0 Å². The summed E-state index contributed by atoms with van der Waals surface area (Å²) in [7, 11) is 0. The highest BCUT2D eigenvalue weighted by molar-refractivity contribution is 5.65. The lowest BCUT2D eigenvalue weighted by Gasteiger charge is -2.29. The zero-order valence-electron chi connectivity index (χ0n) is 19.1. The molecule has 3 aromatic carbocycles. The molecule has 0 atom stereocenters. The van der Waals surface area contributed by atoms with E-state index in [1.54, 1.807) is 6.92 Å². The van der Waals surface area contributed by atoms with Gasteiger partial charge < -0.3 is 14.6 Å². The van der Waals surface area contributed by atoms with Crippen molar-refractivity contribution >= 4 is 0 Å². The maximum Gasteiger partial charge on any atom is 0.201 e. The number of hydrogen-bond donors (Lipinski definition) is 1. The van der Waals surface area contributed by atoms with Gasteiger partial charge in [0, 0.05) is 11.1 Å². The van der Waals surface area contributed by atoms with E-state index in [-0.39, 0.29) is 53.2 Å². The van der Waals surface area contributed by atoms with Gasteiger partial charge in [-0.1, -0.05) is 18.2 Å². The smallest absolute Gasteiger partial charge is 0.201 e. The van der Waals surface area contributed by atoms with Crippen LogP contribution in [0.5, 0.6) is 11.5 Å². The summed E-state index contributed by atoms with van der Waals surface area (Å²) >= 11 is 0. The first-order valence-electron chi connectivity index (χ1n) is 11.5. The summed E-state index contributed by atoms with van der Waals surface area (Å²) in [4.78, 5) is 0. The van der Waals surface area contributed by atoms with Crippen molar-refractivity contribution in [2.45, 2.75) is 51.2 Å². The van der Waals surface area contributed by atoms with E-state index in [4.69, 9.17) is 9.47 Å². The largest absolute Gasteiger partial charge is 0.505 e. The molecule has 0 radical (unpaired) electrons. The van der Waals surface area contributed by atoms with Crippen molar-refractivity contribution in [1.29, 1.82) is 0 Å². The molecular formula is C27H25F5O3. The van der Waals surface area contributed by atoms with Gasteiger partial charge in [0.1, 0.15) is 5.82 Å². The molecule has 0 unspecified atom stereocenters. The number of hydrogen-bond acceptors (Lipinski definition) is 3. The number of phenolic OH excluding ortho intramolecular Hbond substituents is 1. The number of rotatable bonds is 7. The Morgan fingerprint density at radius 3 is 2.26 bits per heavy atom. The van der Waals surface area contributed by atoms with E-state index in [1.807, 2.05) is 0 Å². The summed E-state index contributed by atoms with van der Waals surface area (Å²) in [5.41, 5.74) is 0.621. The maximum atomic E-state index is 14.7. The molecule has 1 aliphatic carbocycles. The van der Waals surface area contributed by atoms with Crippen LogP contribution in [0.15, 0.2) is 42.5 Å². The average Bonchev–Trinajstić information content (AvgIpc) is 2.85. The highest BCUT2D eigenvalue weighted by atomic mass is 19.2. The Labute approximate surface area is 200 Å². The molecule has 0 bridgehead atoms. The summed E-state index contributed by atoms with van der Waals surface area (Å²) in [6, 6.07) is 9.30. The molecule has 3 aromatic rings. The molecule has 1 N–H and O–H groups in total. The fourth-order valence-corrected chi connectivity index (χ4v) is 4.47. The normalized spacial score (nSPS) is 18.0. The third kappa shape index (κ3) is 5.27. The fourth-order valence-electron chi connectivity index (χ4n) is 4.47. The second-order valence-electron chi connectivity index (χ2n) is 8.56. The van der Waals surface area contributed by atoms with Crippen molar-refractivity contribution < 1.29 is 36.5 Å². The summed E-state index contributed by atoms with van der Waals surface area (Å²) in [5, 5.41) is 9.30. The van der Waals surface area contributed by atoms with Crippen molar-refractivity contribution in [2.24, 2.45) is 0 Å². The van der Waals surface area contributed by atoms with Crippen molar-refractivity contribution in [3.05, 3.63) is 82.7 Å². The third-order valence-electron chi connectivity index (χ3n) is 6.39. The van der Waals surface area contributed by atoms with Gasteiger partial charge in [0.15, 0.2) is 23.1 Å². The topological polar surface area (TPSA) is 38.7 Å². The Balaban J connectivity index is 1.37. The first kappa shape index (κ1) is 25.0. The van der Waals surface area contributed by atoms with Crippen LogP contribution in [0.1, 0.15) is 49.7 Å². The first-order chi connectivity index (χ1) is 16.8. The predicted molar refractivity (Wildman–Crippen MR) is 121 cm³/mol. The molecule has 8 heteroatoms. The molecule has 35 heavy (non-hydrogen) atoms. The van der Waals surface area contributed by atoms with Gasteiger partial charge >= 0.3 is 0 Å². The second kappa shape index (κ2) is 10.6. The van der Waals surface area contributed by atoms with Crippen LogP contribution in [-0.2, 0) is 11.3 Å². The minimum absolute atomic E-state index is 0.0102. The van der Waals surface area contributed by atoms with Crippen LogP contribution in [0.25, 0.3) is 11.1 Å². The Morgan fingerprint density at radius 1 is 0.829 bits per heavy atom. The summed E-state index contributed by atoms with van der Waals surface area (Å²) in [6.45, 7) is 1.83. The molecule has 3 nitrogen and oxygen atoms in total. The zero-order chi connectivity index (χ0) is 25.1. The Morgan fingerprint density at radius 2 is 1.57 bits per heavy atom. The quantitative estimate of drug-likeness (QED) is 0.350. The van der Waals surface area contributed by atoms with Crippen molar-refractivity contribution in [3.8, 4) is 22.6 Å². The lowest BCUT2D eigenvalue weighted by atomic mass is 9.82. The molecule has 1 aliphatic rings. The molecule has 0 heterocycles. The number of phenols is 1. The third-order valence-corrected chi connectivity index (χ3v) is 6.39. The van der Waals surface area contributed by atoms with E-state index < -0.39 is 34.8 Å². The van der Waals surface area contributed by atoms with E-state index in [0.717, 1.165) is 12.1 Å². The molecule has 0 spiro atoms. The van der Waals surface area contributed by atoms with Crippen LogP contribution in [0, 0.1) is 29.1 Å². The highest BCUT2D eigenvalue weighted by Crippen LogP contribution is 2.37. The van der Waals surface area contributed by atoms with Gasteiger partial charge in [0.25, 0.3) is 0 Å². The van der Waals surface area contributed by atoms with Crippen molar-refractivity contribution in [3.63, 3.8) is 0 Å². The number of benzene rings is 3. The minimum Gasteiger partial charge on any atom is -0.505 e. The van der Waals surface area contributed by atoms with Gasteiger partial charge in [-0.15, -0.1) is 0 Å². The van der Waals surface area contributed by atoms with E-state index in [0.29, 0.717) is 25.7 Å². The SMILES string of the molecule is CCOc1ccc(-c2ccc(COC3CCC(c4ccc(O)c(F)c4F)CC3)c(F)c2)c(F)c1F. The lowest BCUT2D eigenvalue weighted by molar-refractivity contribution is 0.0119. The molecule has 0 aromatic heterocycles. The van der Waals surface area contributed by atoms with Gasteiger partial charge in [-0.25, -0.2) is 13.2 Å². The Kier molecular flexibility index (Phi) is 7.60. The van der Waals surface area contributed by atoms with Gasteiger partial charge in [-0.2, -0.15) is 8.78 Å². The molecule has 0 amide bonds. The van der Waals surface area contributed by atoms with Crippen LogP contribution in [0.4, 0.5) is 22.0 Å². The Bertz CT molecular complexity index is 1210. The van der Waals surface area contributed by atoms with Gasteiger partial charge in [-0.05, 0) is 73.9 Å². The van der Waals surface area contributed by atoms with Crippen molar-refractivity contribution in [2.75, 3.05) is 6.61 Å². The molecule has 1 saturated carbocycles. The number of aromatic hydroxyl groups is 1. The van der Waals surface area contributed by atoms with E-state index >= 15 is 0 Å². The second-order valence-corrected chi connectivity index (χ2v) is 8.56. The summed E-state index contributed by atoms with van der Waals surface area (Å²) in [5.74, 6) is -6.22. The van der Waals surface area contributed by atoms with Gasteiger partial charge in [-0.3, -0.25) is 0 Å². The zero-order valence-corrected chi connectivity index (χ0v) is 19.1. The van der Waals surface area contributed by atoms with Crippen molar-refractivity contribution in [1.82, 2.24) is 0 Å². The molecule has 0 saturated heterocycles. The van der Waals surface area contributed by atoms with Crippen LogP contribution in [-0.4, -0.2) is 17.8 Å². The van der Waals surface area contributed by atoms with Gasteiger partial charge in [0.2, 0.25) is 11.6 Å². The fraction of sp³-hybridized carbons (Fsp3) is 0.333. The van der Waals surface area contributed by atoms with Crippen LogP contribution < -0.4 is 4.74 Å². The summed E-state index contributed by atoms with van der Waals surface area (Å²) < 4.78 is 82.0. The number of ether oxygens (including phenoxy) is 2. The number of halogens is 5. The minimum atomic E-state index is -1.24. The Hall–Kier alpha value is -3.13. The first-order valence-corrected chi connectivity index (χ1v) is 11.5. The van der Waals surface area contributed by atoms with Crippen LogP contribution >= 0.6 is 0 Å². The van der Waals surface area contributed by atoms with E-state index in [1.165, 1.54) is 30.3 Å². The van der Waals surface area contributed by atoms with E-state index in [9.17, 15) is 27.1 Å². The maximum absolute atomic E-state index is 14.7. The monoisotopic (exact) mass is 492 g/mol. The average molecular weight is 492 g/mol. The predicted octanol–water partition coefficient (Wildman–Crippen LogP) is 7.40.